The Hall–Kier alpha value is -7.58. The van der Waals surface area contributed by atoms with Crippen molar-refractivity contribution in [1.29, 1.82) is 42.4 Å². The minimum atomic E-state index is -0.367. The van der Waals surface area contributed by atoms with Crippen molar-refractivity contribution in [1.82, 2.24) is 0 Å². The molecule has 0 saturated carbocycles. The third-order valence-electron chi connectivity index (χ3n) is 5.40. The van der Waals surface area contributed by atoms with Crippen molar-refractivity contribution in [3.63, 3.8) is 0 Å². The quantitative estimate of drug-likeness (QED) is 0.436. The summed E-state index contributed by atoms with van der Waals surface area (Å²) in [6.45, 7) is 0. The lowest BCUT2D eigenvalue weighted by atomic mass is 10.1. The van der Waals surface area contributed by atoms with Crippen molar-refractivity contribution in [2.24, 2.45) is 39.9 Å². The summed E-state index contributed by atoms with van der Waals surface area (Å²) in [6.07, 6.45) is 0. The first-order valence-corrected chi connectivity index (χ1v) is 10.4. The predicted molar refractivity (Wildman–Crippen MR) is 137 cm³/mol. The molecule has 5 heterocycles. The molecule has 5 aliphatic heterocycles. The van der Waals surface area contributed by atoms with E-state index < -0.39 is 0 Å². The molecule has 5 aliphatic rings. The maximum atomic E-state index is 9.73. The van der Waals surface area contributed by atoms with Crippen LogP contribution in [-0.2, 0) is 0 Å². The second-order valence-corrected chi connectivity index (χ2v) is 7.40. The second-order valence-electron chi connectivity index (χ2n) is 7.40. The van der Waals surface area contributed by atoms with Crippen LogP contribution in [0.25, 0.3) is 0 Å². The van der Waals surface area contributed by atoms with E-state index in [0.717, 1.165) is 0 Å². The molecule has 0 radical (unpaired) electrons. The smallest absolute Gasteiger partial charge is 0.176 e. The first kappa shape index (κ1) is 24.1. The summed E-state index contributed by atoms with van der Waals surface area (Å²) in [7, 11) is 0. The monoisotopic (exact) mass is 514 g/mol. The summed E-state index contributed by atoms with van der Waals surface area (Å²) < 4.78 is 0. The summed E-state index contributed by atoms with van der Waals surface area (Å²) in [5, 5.41) is 73.7. The van der Waals surface area contributed by atoms with Gasteiger partial charge in [0.25, 0.3) is 0 Å². The molecule has 0 aliphatic carbocycles. The lowest BCUT2D eigenvalue weighted by Crippen LogP contribution is -2.05. The van der Waals surface area contributed by atoms with Crippen LogP contribution in [0.4, 0.5) is 0 Å². The molecular formula is C24H2N16. The van der Waals surface area contributed by atoms with E-state index in [2.05, 4.69) is 51.7 Å². The highest BCUT2D eigenvalue weighted by Crippen LogP contribution is 2.28. The number of aliphatic imine (C=N–C) groups is 8. The van der Waals surface area contributed by atoms with Crippen molar-refractivity contribution < 1.29 is 0 Å². The zero-order chi connectivity index (χ0) is 28.6. The lowest BCUT2D eigenvalue weighted by molar-refractivity contribution is 1.46. The number of nitriles is 6. The standard InChI is InChI=1S/C24H2N16/c25-1-9-10(2-26)18-33-17(9)37-19-11(3-27)12(4-28)21(34-19)39-23-15(7-31)16(8-32)24(36-23)40-22-14(6-30)13(5-29)20(35-22)38-18/h25-26H. The van der Waals surface area contributed by atoms with Gasteiger partial charge in [-0.2, -0.15) is 31.6 Å². The maximum absolute atomic E-state index is 9.73. The van der Waals surface area contributed by atoms with E-state index in [0.29, 0.717) is 0 Å². The largest absolute Gasteiger partial charge is 0.258 e. The zero-order valence-corrected chi connectivity index (χ0v) is 19.3. The van der Waals surface area contributed by atoms with Crippen LogP contribution in [-0.4, -0.2) is 58.4 Å². The molecule has 0 amide bonds. The molecule has 0 aromatic heterocycles. The molecule has 0 unspecified atom stereocenters. The van der Waals surface area contributed by atoms with Crippen molar-refractivity contribution in [3.05, 3.63) is 44.6 Å². The Morgan fingerprint density at radius 1 is 0.325 bits per heavy atom. The van der Waals surface area contributed by atoms with Crippen LogP contribution >= 0.6 is 0 Å². The molecule has 16 heteroatoms. The fraction of sp³-hybridized carbons (Fsp3) is 0. The Kier molecular flexibility index (Phi) is 5.51. The van der Waals surface area contributed by atoms with Crippen LogP contribution in [0.1, 0.15) is 0 Å². The van der Waals surface area contributed by atoms with E-state index >= 15 is 0 Å². The highest BCUT2D eigenvalue weighted by molar-refractivity contribution is 6.39. The van der Waals surface area contributed by atoms with Gasteiger partial charge in [-0.3, -0.25) is 10.8 Å². The van der Waals surface area contributed by atoms with Gasteiger partial charge in [0.2, 0.25) is 0 Å². The summed E-state index contributed by atoms with van der Waals surface area (Å²) >= 11 is 0. The molecule has 0 aromatic rings. The Labute approximate surface area is 222 Å². The lowest BCUT2D eigenvalue weighted by Gasteiger charge is -1.96. The van der Waals surface area contributed by atoms with Gasteiger partial charge in [0.15, 0.2) is 46.7 Å². The number of nitrogens with zero attached hydrogens (tertiary/aromatic N) is 14. The van der Waals surface area contributed by atoms with Crippen LogP contribution in [0.3, 0.4) is 0 Å². The number of fused-ring (bicyclic) bond motifs is 4. The third kappa shape index (κ3) is 3.37. The minimum absolute atomic E-state index is 0.176. The Balaban J connectivity index is 1.93. The molecule has 16 nitrogen and oxygen atoms in total. The van der Waals surface area contributed by atoms with E-state index in [1.54, 1.807) is 36.4 Å². The molecule has 0 atom stereocenters. The minimum Gasteiger partial charge on any atom is -0.258 e. The summed E-state index contributed by atoms with van der Waals surface area (Å²) in [5.41, 5.74) is -2.29. The van der Waals surface area contributed by atoms with E-state index in [1.807, 2.05) is 0 Å². The zero-order valence-electron chi connectivity index (χ0n) is 19.3. The van der Waals surface area contributed by atoms with Gasteiger partial charge in [-0.05, 0) is 11.7 Å². The molecule has 0 fully saturated rings. The molecule has 0 aromatic carbocycles. The van der Waals surface area contributed by atoms with Crippen LogP contribution in [0.5, 0.6) is 0 Å². The van der Waals surface area contributed by atoms with Gasteiger partial charge in [-0.25, -0.2) is 39.9 Å². The molecule has 0 saturated heterocycles. The van der Waals surface area contributed by atoms with Crippen LogP contribution in [0, 0.1) is 78.8 Å². The van der Waals surface area contributed by atoms with Crippen molar-refractivity contribution in [2.45, 2.75) is 0 Å². The average molecular weight is 514 g/mol. The molecule has 178 valence electrons. The number of amidine groups is 8. The maximum Gasteiger partial charge on any atom is 0.176 e. The fourth-order valence-electron chi connectivity index (χ4n) is 3.66. The molecular weight excluding hydrogens is 512 g/mol. The van der Waals surface area contributed by atoms with Gasteiger partial charge in [0.05, 0.1) is 0 Å². The van der Waals surface area contributed by atoms with Crippen LogP contribution in [0.2, 0.25) is 0 Å². The summed E-state index contributed by atoms with van der Waals surface area (Å²) in [5.74, 6) is 1.44. The van der Waals surface area contributed by atoms with Crippen molar-refractivity contribution in [2.75, 3.05) is 0 Å². The van der Waals surface area contributed by atoms with Gasteiger partial charge in [0, 0.05) is 0 Å². The third-order valence-corrected chi connectivity index (χ3v) is 5.40. The van der Waals surface area contributed by atoms with Crippen LogP contribution in [0.15, 0.2) is 84.5 Å². The average Bonchev–Trinajstić information content (AvgIpc) is 3.67. The highest BCUT2D eigenvalue weighted by Gasteiger charge is 2.35. The molecule has 8 bridgehead atoms. The fourth-order valence-corrected chi connectivity index (χ4v) is 3.66. The molecule has 0 spiro atoms. The van der Waals surface area contributed by atoms with Crippen molar-refractivity contribution >= 4 is 58.4 Å². The van der Waals surface area contributed by atoms with E-state index in [1.165, 1.54) is 0 Å². The van der Waals surface area contributed by atoms with Crippen molar-refractivity contribution in [3.8, 4) is 36.4 Å². The van der Waals surface area contributed by atoms with Crippen LogP contribution < -0.4 is 0 Å². The normalized spacial score (nSPS) is 18.6. The first-order chi connectivity index (χ1) is 19.5. The molecule has 5 rings (SSSR count). The van der Waals surface area contributed by atoms with Gasteiger partial charge in [-0.1, -0.05) is 0 Å². The van der Waals surface area contributed by atoms with Gasteiger partial charge in [0.1, 0.15) is 81.0 Å². The van der Waals surface area contributed by atoms with E-state index in [9.17, 15) is 31.6 Å². The Morgan fingerprint density at radius 3 is 0.700 bits per heavy atom. The molecule has 2 N–H and O–H groups in total. The second kappa shape index (κ2) is 9.13. The van der Waals surface area contributed by atoms with E-state index in [-0.39, 0.29) is 91.3 Å². The summed E-state index contributed by atoms with van der Waals surface area (Å²) in [6, 6.07) is 10.8. The van der Waals surface area contributed by atoms with E-state index in [4.69, 9.17) is 10.8 Å². The number of hydrogen-bond acceptors (Lipinski definition) is 16. The SMILES string of the molecule is N#CC1=C(C#N)C2=NC1=NC1=NC(=NC3=NC(=NC4=NC(=N2)C(C#N)=C4C#N)C(C#N)=C3C#N)C(=C=N)C1=C=N. The number of hydrogen-bond donors (Lipinski definition) is 2. The Bertz CT molecular complexity index is 2140. The first-order valence-electron chi connectivity index (χ1n) is 10.4. The number of nitrogens with one attached hydrogen (secondary N) is 2. The van der Waals surface area contributed by atoms with Gasteiger partial charge in [-0.15, -0.1) is 0 Å². The number of rotatable bonds is 0. The predicted octanol–water partition coefficient (Wildman–Crippen LogP) is 0.623. The topological polar surface area (TPSA) is 289 Å². The highest BCUT2D eigenvalue weighted by atomic mass is 15.1. The van der Waals surface area contributed by atoms with Gasteiger partial charge < -0.3 is 0 Å². The molecule has 40 heavy (non-hydrogen) atoms. The summed E-state index contributed by atoms with van der Waals surface area (Å²) in [4.78, 5) is 33.0. The Morgan fingerprint density at radius 2 is 0.500 bits per heavy atom. The van der Waals surface area contributed by atoms with Gasteiger partial charge >= 0.3 is 0 Å².